The average Bonchev–Trinajstić information content (AvgIpc) is 3.38. The number of carbonyl (C=O) groups is 2. The molecule has 8 rings (SSSR count). The Labute approximate surface area is 179 Å². The third kappa shape index (κ3) is 2.19. The standard InChI is InChI=1S/C26H36O4/c1-11-12(2)17-6-16(11)20-18-7-19(21(17)20)23(22(18)24(27)28)25(29)30-26-8-13-3-14(9-26)5-15(4-13)10-26/h11-23H,3-10H2,1-2H3,(H,27,28). The van der Waals surface area contributed by atoms with Crippen LogP contribution in [0.2, 0.25) is 0 Å². The van der Waals surface area contributed by atoms with Gasteiger partial charge in [-0.1, -0.05) is 13.8 Å². The molecule has 164 valence electrons. The summed E-state index contributed by atoms with van der Waals surface area (Å²) in [5.41, 5.74) is -0.257. The van der Waals surface area contributed by atoms with E-state index < -0.39 is 11.9 Å². The van der Waals surface area contributed by atoms with Crippen LogP contribution in [0.15, 0.2) is 0 Å². The molecule has 0 aliphatic heterocycles. The summed E-state index contributed by atoms with van der Waals surface area (Å²) in [7, 11) is 0. The second-order valence-corrected chi connectivity index (χ2v) is 12.9. The highest BCUT2D eigenvalue weighted by molar-refractivity contribution is 5.83. The Morgan fingerprint density at radius 2 is 1.20 bits per heavy atom. The quantitative estimate of drug-likeness (QED) is 0.543. The van der Waals surface area contributed by atoms with Crippen molar-refractivity contribution in [2.45, 2.75) is 70.8 Å². The minimum atomic E-state index is -0.739. The van der Waals surface area contributed by atoms with Crippen LogP contribution in [-0.4, -0.2) is 22.6 Å². The largest absolute Gasteiger partial charge is 0.481 e. The van der Waals surface area contributed by atoms with Crippen molar-refractivity contribution in [3.63, 3.8) is 0 Å². The average molecular weight is 413 g/mol. The molecule has 30 heavy (non-hydrogen) atoms. The molecule has 0 radical (unpaired) electrons. The van der Waals surface area contributed by atoms with Crippen LogP contribution in [-0.2, 0) is 14.3 Å². The molecule has 8 aliphatic carbocycles. The fraction of sp³-hybridized carbons (Fsp3) is 0.923. The van der Waals surface area contributed by atoms with Crippen molar-refractivity contribution < 1.29 is 19.4 Å². The fourth-order valence-corrected chi connectivity index (χ4v) is 11.3. The monoisotopic (exact) mass is 412 g/mol. The predicted molar refractivity (Wildman–Crippen MR) is 110 cm³/mol. The van der Waals surface area contributed by atoms with Crippen molar-refractivity contribution in [2.75, 3.05) is 0 Å². The van der Waals surface area contributed by atoms with E-state index in [4.69, 9.17) is 4.74 Å². The normalized spacial score (nSPS) is 61.5. The van der Waals surface area contributed by atoms with Crippen LogP contribution < -0.4 is 0 Å². The van der Waals surface area contributed by atoms with E-state index in [1.54, 1.807) is 0 Å². The molecule has 0 aromatic rings. The molecule has 0 spiro atoms. The molecular weight excluding hydrogens is 376 g/mol. The maximum absolute atomic E-state index is 13.7. The summed E-state index contributed by atoms with van der Waals surface area (Å²) >= 11 is 0. The Balaban J connectivity index is 1.18. The van der Waals surface area contributed by atoms with E-state index in [0.29, 0.717) is 29.6 Å². The molecule has 0 saturated heterocycles. The molecule has 0 heterocycles. The number of hydrogen-bond donors (Lipinski definition) is 1. The number of ether oxygens (including phenoxy) is 1. The molecule has 8 fully saturated rings. The van der Waals surface area contributed by atoms with Crippen LogP contribution in [0.4, 0.5) is 0 Å². The van der Waals surface area contributed by atoms with E-state index in [0.717, 1.165) is 49.4 Å². The fourth-order valence-electron chi connectivity index (χ4n) is 11.3. The van der Waals surface area contributed by atoms with Gasteiger partial charge < -0.3 is 9.84 Å². The van der Waals surface area contributed by atoms with E-state index in [2.05, 4.69) is 13.8 Å². The summed E-state index contributed by atoms with van der Waals surface area (Å²) in [5.74, 6) is 4.86. The van der Waals surface area contributed by atoms with Crippen LogP contribution in [0.1, 0.15) is 65.2 Å². The Bertz CT molecular complexity index is 768. The summed E-state index contributed by atoms with van der Waals surface area (Å²) < 4.78 is 6.44. The first-order chi connectivity index (χ1) is 14.3. The first kappa shape index (κ1) is 18.5. The van der Waals surface area contributed by atoms with E-state index in [1.807, 2.05) is 0 Å². The van der Waals surface area contributed by atoms with Gasteiger partial charge in [-0.3, -0.25) is 9.59 Å². The van der Waals surface area contributed by atoms with Gasteiger partial charge in [0, 0.05) is 0 Å². The SMILES string of the molecule is CC1C(C)C2CC1C1C3CC(C(C(=O)OC45CC6CC(CC(C6)C4)C5)C3C(=O)O)C21. The van der Waals surface area contributed by atoms with Crippen LogP contribution in [0.3, 0.4) is 0 Å². The molecule has 0 amide bonds. The van der Waals surface area contributed by atoms with Crippen LogP contribution in [0.25, 0.3) is 0 Å². The molecule has 4 heteroatoms. The number of rotatable bonds is 3. The highest BCUT2D eigenvalue weighted by Gasteiger charge is 2.71. The maximum Gasteiger partial charge on any atom is 0.310 e. The topological polar surface area (TPSA) is 63.6 Å². The number of carboxylic acid groups (broad SMARTS) is 1. The summed E-state index contributed by atoms with van der Waals surface area (Å²) in [5, 5.41) is 10.2. The lowest BCUT2D eigenvalue weighted by molar-refractivity contribution is -0.198. The van der Waals surface area contributed by atoms with Crippen molar-refractivity contribution in [3.8, 4) is 0 Å². The Hall–Kier alpha value is -1.06. The van der Waals surface area contributed by atoms with Gasteiger partial charge in [0.25, 0.3) is 0 Å². The number of carboxylic acids is 1. The van der Waals surface area contributed by atoms with Gasteiger partial charge >= 0.3 is 11.9 Å². The maximum atomic E-state index is 13.7. The zero-order chi connectivity index (χ0) is 20.5. The number of esters is 1. The summed E-state index contributed by atoms with van der Waals surface area (Å²) in [6.07, 6.45) is 9.31. The smallest absolute Gasteiger partial charge is 0.310 e. The van der Waals surface area contributed by atoms with Crippen molar-refractivity contribution in [3.05, 3.63) is 0 Å². The highest BCUT2D eigenvalue weighted by atomic mass is 16.6. The van der Waals surface area contributed by atoms with Gasteiger partial charge in [-0.2, -0.15) is 0 Å². The molecule has 8 bridgehead atoms. The minimum absolute atomic E-state index is 0.126. The van der Waals surface area contributed by atoms with Gasteiger partial charge in [0.15, 0.2) is 0 Å². The third-order valence-corrected chi connectivity index (χ3v) is 11.9. The molecule has 4 nitrogen and oxygen atoms in total. The van der Waals surface area contributed by atoms with Gasteiger partial charge in [-0.05, 0) is 116 Å². The summed E-state index contributed by atoms with van der Waals surface area (Å²) in [6, 6.07) is 0. The van der Waals surface area contributed by atoms with E-state index in [1.165, 1.54) is 25.7 Å². The van der Waals surface area contributed by atoms with Gasteiger partial charge in [0.2, 0.25) is 0 Å². The molecule has 1 N–H and O–H groups in total. The molecule has 8 saturated carbocycles. The minimum Gasteiger partial charge on any atom is -0.481 e. The van der Waals surface area contributed by atoms with Crippen molar-refractivity contribution in [2.24, 2.45) is 76.9 Å². The zero-order valence-corrected chi connectivity index (χ0v) is 18.3. The van der Waals surface area contributed by atoms with Crippen molar-refractivity contribution in [1.29, 1.82) is 0 Å². The number of fused-ring (bicyclic) bond motifs is 9. The summed E-state index contributed by atoms with van der Waals surface area (Å²) in [4.78, 5) is 26.1. The van der Waals surface area contributed by atoms with E-state index in [9.17, 15) is 14.7 Å². The lowest BCUT2D eigenvalue weighted by Crippen LogP contribution is -2.54. The van der Waals surface area contributed by atoms with E-state index in [-0.39, 0.29) is 29.3 Å². The van der Waals surface area contributed by atoms with Gasteiger partial charge in [0.1, 0.15) is 5.60 Å². The molecule has 8 aliphatic rings. The summed E-state index contributed by atoms with van der Waals surface area (Å²) in [6.45, 7) is 4.78. The Kier molecular flexibility index (Phi) is 3.60. The first-order valence-corrected chi connectivity index (χ1v) is 12.8. The number of carbonyl (C=O) groups excluding carboxylic acids is 1. The molecular formula is C26H36O4. The Morgan fingerprint density at radius 1 is 0.733 bits per heavy atom. The lowest BCUT2D eigenvalue weighted by Gasteiger charge is -2.56. The first-order valence-electron chi connectivity index (χ1n) is 12.8. The molecule has 10 unspecified atom stereocenters. The predicted octanol–water partition coefficient (Wildman–Crippen LogP) is 4.62. The third-order valence-electron chi connectivity index (χ3n) is 11.9. The number of aliphatic carboxylic acids is 1. The van der Waals surface area contributed by atoms with Gasteiger partial charge in [-0.25, -0.2) is 0 Å². The molecule has 0 aromatic heterocycles. The molecule has 0 aromatic carbocycles. The van der Waals surface area contributed by atoms with Crippen LogP contribution >= 0.6 is 0 Å². The van der Waals surface area contributed by atoms with Crippen molar-refractivity contribution in [1.82, 2.24) is 0 Å². The van der Waals surface area contributed by atoms with Crippen LogP contribution in [0, 0.1) is 76.9 Å². The van der Waals surface area contributed by atoms with Gasteiger partial charge in [0.05, 0.1) is 11.8 Å². The number of hydrogen-bond acceptors (Lipinski definition) is 3. The second-order valence-electron chi connectivity index (χ2n) is 12.9. The highest BCUT2D eigenvalue weighted by Crippen LogP contribution is 2.73. The molecule has 10 atom stereocenters. The van der Waals surface area contributed by atoms with Gasteiger partial charge in [-0.15, -0.1) is 0 Å². The van der Waals surface area contributed by atoms with Crippen molar-refractivity contribution >= 4 is 11.9 Å². The second kappa shape index (κ2) is 5.84. The van der Waals surface area contributed by atoms with Crippen LogP contribution in [0.5, 0.6) is 0 Å². The van der Waals surface area contributed by atoms with E-state index >= 15 is 0 Å². The zero-order valence-electron chi connectivity index (χ0n) is 18.3. The Morgan fingerprint density at radius 3 is 1.70 bits per heavy atom. The lowest BCUT2D eigenvalue weighted by atomic mass is 9.54.